The lowest BCUT2D eigenvalue weighted by Crippen LogP contribution is -2.52. The fourth-order valence-corrected chi connectivity index (χ4v) is 4.70. The van der Waals surface area contributed by atoms with Crippen molar-refractivity contribution in [1.29, 1.82) is 0 Å². The number of fused-ring (bicyclic) bond motifs is 2. The van der Waals surface area contributed by atoms with Gasteiger partial charge in [0.15, 0.2) is 0 Å². The molecule has 28 heavy (non-hydrogen) atoms. The van der Waals surface area contributed by atoms with Crippen molar-refractivity contribution in [2.45, 2.75) is 19.9 Å². The van der Waals surface area contributed by atoms with Gasteiger partial charge in [0.05, 0.1) is 11.1 Å². The third-order valence-corrected chi connectivity index (χ3v) is 6.22. The van der Waals surface area contributed by atoms with Crippen molar-refractivity contribution in [3.8, 4) is 0 Å². The molecule has 8 heteroatoms. The topological polar surface area (TPSA) is 95.7 Å². The summed E-state index contributed by atoms with van der Waals surface area (Å²) in [5.74, 6) is -1.17. The Bertz CT molecular complexity index is 1020. The van der Waals surface area contributed by atoms with E-state index in [1.54, 1.807) is 17.0 Å². The molecular formula is C20H24N4O4. The summed E-state index contributed by atoms with van der Waals surface area (Å²) in [6, 6.07) is 7.20. The van der Waals surface area contributed by atoms with E-state index in [0.717, 1.165) is 18.4 Å². The molecule has 2 aliphatic rings. The summed E-state index contributed by atoms with van der Waals surface area (Å²) in [5, 5.41) is 15.5. The van der Waals surface area contributed by atoms with Crippen molar-refractivity contribution in [2.24, 2.45) is 11.3 Å². The van der Waals surface area contributed by atoms with E-state index in [0.29, 0.717) is 24.2 Å². The maximum atomic E-state index is 12.9. The van der Waals surface area contributed by atoms with Gasteiger partial charge in [-0.2, -0.15) is 5.10 Å². The van der Waals surface area contributed by atoms with E-state index in [-0.39, 0.29) is 30.5 Å². The van der Waals surface area contributed by atoms with Gasteiger partial charge >= 0.3 is 5.97 Å². The summed E-state index contributed by atoms with van der Waals surface area (Å²) in [6.45, 7) is 3.49. The van der Waals surface area contributed by atoms with Crippen LogP contribution < -0.4 is 5.56 Å². The molecule has 0 spiro atoms. The number of aromatic nitrogens is 2. The molecule has 1 aromatic heterocycles. The van der Waals surface area contributed by atoms with Crippen molar-refractivity contribution >= 4 is 22.6 Å². The summed E-state index contributed by atoms with van der Waals surface area (Å²) in [6.07, 6.45) is 0.750. The molecule has 1 aromatic carbocycles. The number of carboxylic acids is 1. The van der Waals surface area contributed by atoms with Gasteiger partial charge < -0.3 is 14.9 Å². The molecule has 2 saturated heterocycles. The van der Waals surface area contributed by atoms with E-state index in [4.69, 9.17) is 0 Å². The molecular weight excluding hydrogens is 360 g/mol. The van der Waals surface area contributed by atoms with Crippen molar-refractivity contribution in [1.82, 2.24) is 19.6 Å². The average Bonchev–Trinajstić information content (AvgIpc) is 3.06. The van der Waals surface area contributed by atoms with Crippen LogP contribution in [0.1, 0.15) is 12.1 Å². The van der Waals surface area contributed by atoms with Crippen molar-refractivity contribution in [3.63, 3.8) is 0 Å². The van der Waals surface area contributed by atoms with Crippen LogP contribution in [0.15, 0.2) is 29.1 Å². The minimum atomic E-state index is -0.930. The van der Waals surface area contributed by atoms with Gasteiger partial charge in [0.2, 0.25) is 5.91 Å². The number of amides is 1. The molecule has 0 radical (unpaired) electrons. The molecule has 4 rings (SSSR count). The number of aryl methyl sites for hydroxylation is 1. The number of carboxylic acid groups (broad SMARTS) is 1. The van der Waals surface area contributed by atoms with Crippen LogP contribution in [0.3, 0.4) is 0 Å². The van der Waals surface area contributed by atoms with Crippen LogP contribution in [-0.2, 0) is 16.1 Å². The van der Waals surface area contributed by atoms with Crippen LogP contribution >= 0.6 is 0 Å². The maximum absolute atomic E-state index is 12.9. The summed E-state index contributed by atoms with van der Waals surface area (Å²) >= 11 is 0. The molecule has 2 atom stereocenters. The van der Waals surface area contributed by atoms with Crippen LogP contribution in [0.5, 0.6) is 0 Å². The van der Waals surface area contributed by atoms with Crippen molar-refractivity contribution in [2.75, 3.05) is 33.2 Å². The van der Waals surface area contributed by atoms with Crippen LogP contribution in [0, 0.1) is 18.3 Å². The fourth-order valence-electron chi connectivity index (χ4n) is 4.70. The van der Waals surface area contributed by atoms with Crippen molar-refractivity contribution < 1.29 is 14.7 Å². The number of rotatable bonds is 3. The van der Waals surface area contributed by atoms with Gasteiger partial charge in [-0.05, 0) is 38.9 Å². The predicted octanol–water partition coefficient (Wildman–Crippen LogP) is 0.570. The van der Waals surface area contributed by atoms with Crippen LogP contribution in [0.25, 0.3) is 10.8 Å². The Kier molecular flexibility index (Phi) is 4.45. The highest BCUT2D eigenvalue weighted by Crippen LogP contribution is 2.42. The molecule has 0 unspecified atom stereocenters. The van der Waals surface area contributed by atoms with Gasteiger partial charge in [-0.3, -0.25) is 14.4 Å². The lowest BCUT2D eigenvalue weighted by atomic mass is 9.73. The third-order valence-electron chi connectivity index (χ3n) is 6.22. The number of piperidine rings is 1. The second-order valence-corrected chi connectivity index (χ2v) is 8.05. The van der Waals surface area contributed by atoms with E-state index >= 15 is 0 Å². The van der Waals surface area contributed by atoms with Crippen LogP contribution in [0.4, 0.5) is 0 Å². The number of benzene rings is 1. The molecule has 2 fully saturated rings. The molecule has 8 nitrogen and oxygen atoms in total. The zero-order valence-electron chi connectivity index (χ0n) is 16.1. The number of likely N-dealkylation sites (tertiary alicyclic amines) is 2. The number of carbonyl (C=O) groups excluding carboxylic acids is 1. The highest BCUT2D eigenvalue weighted by molar-refractivity contribution is 5.84. The lowest BCUT2D eigenvalue weighted by molar-refractivity contribution is -0.154. The lowest BCUT2D eigenvalue weighted by Gasteiger charge is -2.39. The van der Waals surface area contributed by atoms with Gasteiger partial charge in [-0.25, -0.2) is 4.68 Å². The minimum absolute atomic E-state index is 0.0619. The number of hydrogen-bond donors (Lipinski definition) is 1. The number of carbonyl (C=O) groups is 2. The van der Waals surface area contributed by atoms with E-state index in [1.807, 2.05) is 31.0 Å². The first-order valence-electron chi connectivity index (χ1n) is 9.48. The fraction of sp³-hybridized carbons (Fsp3) is 0.500. The second kappa shape index (κ2) is 6.70. The maximum Gasteiger partial charge on any atom is 0.313 e. The van der Waals surface area contributed by atoms with E-state index in [1.165, 1.54) is 4.68 Å². The quantitative estimate of drug-likeness (QED) is 0.831. The average molecular weight is 384 g/mol. The molecule has 1 N–H and O–H groups in total. The Labute approximate surface area is 162 Å². The second-order valence-electron chi connectivity index (χ2n) is 8.05. The Morgan fingerprint density at radius 3 is 2.68 bits per heavy atom. The standard InChI is InChI=1S/C20H24N4O4/c1-13-15-5-3-4-6-16(15)18(26)24(21-13)10-17(25)23-9-14-7-8-22(2)11-20(14,12-23)19(27)28/h3-6,14H,7-12H2,1-2H3,(H,27,28)/t14-,20-/m0/s1. The molecule has 0 saturated carbocycles. The van der Waals surface area contributed by atoms with Crippen molar-refractivity contribution in [3.05, 3.63) is 40.3 Å². The van der Waals surface area contributed by atoms with Gasteiger partial charge in [0, 0.05) is 25.0 Å². The van der Waals surface area contributed by atoms with E-state index in [9.17, 15) is 19.5 Å². The molecule has 0 bridgehead atoms. The first-order valence-corrected chi connectivity index (χ1v) is 9.48. The zero-order chi connectivity index (χ0) is 20.1. The molecule has 2 aliphatic heterocycles. The van der Waals surface area contributed by atoms with Gasteiger partial charge in [-0.1, -0.05) is 18.2 Å². The zero-order valence-corrected chi connectivity index (χ0v) is 16.1. The molecule has 2 aromatic rings. The normalized spacial score (nSPS) is 25.1. The molecule has 0 aliphatic carbocycles. The SMILES string of the molecule is Cc1nn(CC(=O)N2C[C@@H]3CCN(C)C[C@]3(C(=O)O)C2)c(=O)c2ccccc12. The first kappa shape index (κ1) is 18.6. The monoisotopic (exact) mass is 384 g/mol. The minimum Gasteiger partial charge on any atom is -0.481 e. The van der Waals surface area contributed by atoms with E-state index < -0.39 is 11.4 Å². The Morgan fingerprint density at radius 1 is 1.25 bits per heavy atom. The molecule has 3 heterocycles. The Hall–Kier alpha value is -2.74. The van der Waals surface area contributed by atoms with Gasteiger partial charge in [-0.15, -0.1) is 0 Å². The summed E-state index contributed by atoms with van der Waals surface area (Å²) < 4.78 is 1.20. The van der Waals surface area contributed by atoms with Gasteiger partial charge in [0.25, 0.3) is 5.56 Å². The largest absolute Gasteiger partial charge is 0.481 e. The first-order chi connectivity index (χ1) is 13.3. The smallest absolute Gasteiger partial charge is 0.313 e. The summed E-state index contributed by atoms with van der Waals surface area (Å²) in [5.41, 5.74) is -0.555. The molecule has 148 valence electrons. The van der Waals surface area contributed by atoms with Gasteiger partial charge in [0.1, 0.15) is 12.0 Å². The summed E-state index contributed by atoms with van der Waals surface area (Å²) in [4.78, 5) is 41.3. The highest BCUT2D eigenvalue weighted by Gasteiger charge is 2.55. The number of nitrogens with zero attached hydrogens (tertiary/aromatic N) is 4. The summed E-state index contributed by atoms with van der Waals surface area (Å²) in [7, 11) is 1.91. The van der Waals surface area contributed by atoms with Crippen LogP contribution in [0.2, 0.25) is 0 Å². The molecule has 1 amide bonds. The number of aliphatic carboxylic acids is 1. The predicted molar refractivity (Wildman–Crippen MR) is 103 cm³/mol. The Morgan fingerprint density at radius 2 is 1.96 bits per heavy atom. The van der Waals surface area contributed by atoms with Crippen LogP contribution in [-0.4, -0.2) is 69.8 Å². The highest BCUT2D eigenvalue weighted by atomic mass is 16.4. The third kappa shape index (κ3) is 2.88. The Balaban J connectivity index is 1.60. The van der Waals surface area contributed by atoms with E-state index in [2.05, 4.69) is 5.10 Å². The number of hydrogen-bond acceptors (Lipinski definition) is 5.